The summed E-state index contributed by atoms with van der Waals surface area (Å²) in [6.07, 6.45) is 4.40. The SMILES string of the molecule is Cc1c([N+](=O)[O-])ccc2c1CCCC(C)CCN2. The van der Waals surface area contributed by atoms with Crippen molar-refractivity contribution in [2.75, 3.05) is 11.9 Å². The molecule has 1 atom stereocenters. The van der Waals surface area contributed by atoms with E-state index in [0.717, 1.165) is 48.5 Å². The fourth-order valence-corrected chi connectivity index (χ4v) is 2.65. The van der Waals surface area contributed by atoms with Crippen molar-refractivity contribution in [1.82, 2.24) is 0 Å². The molecule has 0 aromatic heterocycles. The zero-order valence-corrected chi connectivity index (χ0v) is 11.0. The van der Waals surface area contributed by atoms with Gasteiger partial charge in [0.15, 0.2) is 0 Å². The fourth-order valence-electron chi connectivity index (χ4n) is 2.65. The second kappa shape index (κ2) is 5.38. The van der Waals surface area contributed by atoms with E-state index in [1.54, 1.807) is 6.07 Å². The van der Waals surface area contributed by atoms with Gasteiger partial charge in [0.2, 0.25) is 0 Å². The first-order valence-corrected chi connectivity index (χ1v) is 6.60. The van der Waals surface area contributed by atoms with Crippen molar-refractivity contribution in [2.24, 2.45) is 5.92 Å². The average Bonchev–Trinajstić information content (AvgIpc) is 2.40. The number of hydrogen-bond acceptors (Lipinski definition) is 3. The van der Waals surface area contributed by atoms with Gasteiger partial charge in [-0.15, -0.1) is 0 Å². The Morgan fingerprint density at radius 1 is 1.39 bits per heavy atom. The van der Waals surface area contributed by atoms with E-state index in [-0.39, 0.29) is 10.6 Å². The van der Waals surface area contributed by atoms with Crippen LogP contribution < -0.4 is 5.32 Å². The number of rotatable bonds is 1. The van der Waals surface area contributed by atoms with Gasteiger partial charge in [0.05, 0.1) is 4.92 Å². The second-order valence-electron chi connectivity index (χ2n) is 5.21. The molecule has 0 fully saturated rings. The third-order valence-corrected chi connectivity index (χ3v) is 3.84. The number of nitro benzene ring substituents is 1. The zero-order valence-electron chi connectivity index (χ0n) is 11.0. The third kappa shape index (κ3) is 2.63. The van der Waals surface area contributed by atoms with Crippen LogP contribution in [0.1, 0.15) is 37.3 Å². The van der Waals surface area contributed by atoms with Gasteiger partial charge in [0, 0.05) is 23.9 Å². The summed E-state index contributed by atoms with van der Waals surface area (Å²) in [5.74, 6) is 0.724. The lowest BCUT2D eigenvalue weighted by Gasteiger charge is -2.13. The summed E-state index contributed by atoms with van der Waals surface area (Å²) in [6, 6.07) is 3.47. The van der Waals surface area contributed by atoms with Crippen LogP contribution in [-0.4, -0.2) is 11.5 Å². The second-order valence-corrected chi connectivity index (χ2v) is 5.21. The number of nitro groups is 1. The normalized spacial score (nSPS) is 20.0. The van der Waals surface area contributed by atoms with E-state index >= 15 is 0 Å². The highest BCUT2D eigenvalue weighted by molar-refractivity contribution is 5.61. The molecule has 0 bridgehead atoms. The molecule has 0 radical (unpaired) electrons. The number of benzene rings is 1. The van der Waals surface area contributed by atoms with Gasteiger partial charge in [-0.05, 0) is 43.7 Å². The van der Waals surface area contributed by atoms with Crippen LogP contribution in [0, 0.1) is 23.0 Å². The van der Waals surface area contributed by atoms with Gasteiger partial charge in [-0.2, -0.15) is 0 Å². The monoisotopic (exact) mass is 248 g/mol. The molecule has 4 heteroatoms. The van der Waals surface area contributed by atoms with Crippen LogP contribution in [0.3, 0.4) is 0 Å². The largest absolute Gasteiger partial charge is 0.385 e. The Morgan fingerprint density at radius 2 is 2.17 bits per heavy atom. The number of hydrogen-bond donors (Lipinski definition) is 1. The van der Waals surface area contributed by atoms with Crippen LogP contribution in [0.4, 0.5) is 11.4 Å². The lowest BCUT2D eigenvalue weighted by atomic mass is 9.96. The van der Waals surface area contributed by atoms with Crippen LogP contribution in [0.2, 0.25) is 0 Å². The molecule has 2 rings (SSSR count). The van der Waals surface area contributed by atoms with Gasteiger partial charge < -0.3 is 5.32 Å². The maximum Gasteiger partial charge on any atom is 0.272 e. The first-order valence-electron chi connectivity index (χ1n) is 6.60. The van der Waals surface area contributed by atoms with E-state index in [1.165, 1.54) is 6.42 Å². The van der Waals surface area contributed by atoms with Gasteiger partial charge in [-0.3, -0.25) is 10.1 Å². The summed E-state index contributed by atoms with van der Waals surface area (Å²) >= 11 is 0. The van der Waals surface area contributed by atoms with E-state index in [4.69, 9.17) is 0 Å². The first kappa shape index (κ1) is 12.9. The summed E-state index contributed by atoms with van der Waals surface area (Å²) in [5, 5.41) is 14.4. The highest BCUT2D eigenvalue weighted by atomic mass is 16.6. The maximum atomic E-state index is 11.0. The van der Waals surface area contributed by atoms with Gasteiger partial charge in [-0.25, -0.2) is 0 Å². The van der Waals surface area contributed by atoms with Crippen LogP contribution >= 0.6 is 0 Å². The van der Waals surface area contributed by atoms with Crippen molar-refractivity contribution in [2.45, 2.75) is 39.5 Å². The van der Waals surface area contributed by atoms with Crippen LogP contribution in [-0.2, 0) is 6.42 Å². The van der Waals surface area contributed by atoms with Gasteiger partial charge >= 0.3 is 0 Å². The van der Waals surface area contributed by atoms with Crippen molar-refractivity contribution in [3.8, 4) is 0 Å². The maximum absolute atomic E-state index is 11.0. The van der Waals surface area contributed by atoms with Crippen molar-refractivity contribution >= 4 is 11.4 Å². The molecular formula is C14H20N2O2. The summed E-state index contributed by atoms with van der Waals surface area (Å²) in [5.41, 5.74) is 3.26. The van der Waals surface area contributed by atoms with Gasteiger partial charge in [0.1, 0.15) is 0 Å². The van der Waals surface area contributed by atoms with Crippen LogP contribution in [0.15, 0.2) is 12.1 Å². The minimum atomic E-state index is -0.287. The van der Waals surface area contributed by atoms with E-state index in [9.17, 15) is 10.1 Å². The molecule has 1 unspecified atom stereocenters. The van der Waals surface area contributed by atoms with E-state index in [1.807, 2.05) is 13.0 Å². The Morgan fingerprint density at radius 3 is 2.89 bits per heavy atom. The molecule has 18 heavy (non-hydrogen) atoms. The standard InChI is InChI=1S/C14H20N2O2/c1-10-4-3-5-12-11(2)14(16(17)18)7-6-13(12)15-9-8-10/h6-7,10,15H,3-5,8-9H2,1-2H3. The van der Waals surface area contributed by atoms with E-state index < -0.39 is 0 Å². The van der Waals surface area contributed by atoms with Crippen molar-refractivity contribution < 1.29 is 4.92 Å². The van der Waals surface area contributed by atoms with Crippen molar-refractivity contribution in [1.29, 1.82) is 0 Å². The molecule has 1 aliphatic heterocycles. The highest BCUT2D eigenvalue weighted by Crippen LogP contribution is 2.31. The summed E-state index contributed by atoms with van der Waals surface area (Å²) in [4.78, 5) is 10.7. The minimum absolute atomic E-state index is 0.239. The predicted octanol–water partition coefficient (Wildman–Crippen LogP) is 3.68. The summed E-state index contributed by atoms with van der Waals surface area (Å²) in [6.45, 7) is 5.08. The Hall–Kier alpha value is -1.58. The molecular weight excluding hydrogens is 228 g/mol. The third-order valence-electron chi connectivity index (χ3n) is 3.84. The predicted molar refractivity (Wildman–Crippen MR) is 73.0 cm³/mol. The van der Waals surface area contributed by atoms with Crippen LogP contribution in [0.5, 0.6) is 0 Å². The summed E-state index contributed by atoms with van der Waals surface area (Å²) in [7, 11) is 0. The number of nitrogens with one attached hydrogen (secondary N) is 1. The van der Waals surface area contributed by atoms with Crippen LogP contribution in [0.25, 0.3) is 0 Å². The van der Waals surface area contributed by atoms with Gasteiger partial charge in [-0.1, -0.05) is 13.3 Å². The van der Waals surface area contributed by atoms with E-state index in [2.05, 4.69) is 12.2 Å². The molecule has 1 aliphatic rings. The van der Waals surface area contributed by atoms with E-state index in [0.29, 0.717) is 0 Å². The summed E-state index contributed by atoms with van der Waals surface area (Å²) < 4.78 is 0. The molecule has 4 nitrogen and oxygen atoms in total. The molecule has 0 aliphatic carbocycles. The molecule has 0 saturated carbocycles. The molecule has 1 aromatic carbocycles. The Bertz CT molecular complexity index is 457. The zero-order chi connectivity index (χ0) is 13.1. The lowest BCUT2D eigenvalue weighted by molar-refractivity contribution is -0.385. The Balaban J connectivity index is 2.35. The molecule has 0 amide bonds. The number of anilines is 1. The smallest absolute Gasteiger partial charge is 0.272 e. The number of fused-ring (bicyclic) bond motifs is 1. The molecule has 0 spiro atoms. The minimum Gasteiger partial charge on any atom is -0.385 e. The number of nitrogens with zero attached hydrogens (tertiary/aromatic N) is 1. The highest BCUT2D eigenvalue weighted by Gasteiger charge is 2.18. The van der Waals surface area contributed by atoms with Crippen molar-refractivity contribution in [3.05, 3.63) is 33.4 Å². The van der Waals surface area contributed by atoms with Crippen molar-refractivity contribution in [3.63, 3.8) is 0 Å². The molecule has 98 valence electrons. The first-order chi connectivity index (χ1) is 8.59. The molecule has 1 aromatic rings. The van der Waals surface area contributed by atoms with Gasteiger partial charge in [0.25, 0.3) is 5.69 Å². The molecule has 1 heterocycles. The fraction of sp³-hybridized carbons (Fsp3) is 0.571. The average molecular weight is 248 g/mol. The Kier molecular flexibility index (Phi) is 3.84. The quantitative estimate of drug-likeness (QED) is 0.609. The molecule has 0 saturated heterocycles. The molecule has 1 N–H and O–H groups in total. The topological polar surface area (TPSA) is 55.2 Å². The lowest BCUT2D eigenvalue weighted by Crippen LogP contribution is -2.07. The Labute approximate surface area is 108 Å².